The topological polar surface area (TPSA) is 141 Å². The van der Waals surface area contributed by atoms with Crippen molar-refractivity contribution in [3.05, 3.63) is 54.1 Å². The van der Waals surface area contributed by atoms with Gasteiger partial charge in [0.15, 0.2) is 17.5 Å². The van der Waals surface area contributed by atoms with E-state index in [1.54, 1.807) is 42.2 Å². The van der Waals surface area contributed by atoms with Crippen molar-refractivity contribution in [1.29, 1.82) is 5.26 Å². The number of rotatable bonds is 8. The van der Waals surface area contributed by atoms with Crippen molar-refractivity contribution in [2.45, 2.75) is 31.8 Å². The second kappa shape index (κ2) is 8.89. The quantitative estimate of drug-likeness (QED) is 0.422. The molecule has 11 heteroatoms. The minimum atomic E-state index is -1.15. The van der Waals surface area contributed by atoms with Gasteiger partial charge >= 0.3 is 6.09 Å². The molecule has 4 rings (SSSR count). The SMILES string of the molecule is C[C@H](NC(=O)O)[C@H](Nc1nc(Nc2cccc(-n3ccnn3)c2)c(C#N)cc1F)C1CC1. The van der Waals surface area contributed by atoms with Crippen molar-refractivity contribution in [1.82, 2.24) is 25.3 Å². The van der Waals surface area contributed by atoms with Crippen LogP contribution in [-0.2, 0) is 0 Å². The third kappa shape index (κ3) is 4.75. The van der Waals surface area contributed by atoms with Crippen LogP contribution in [0.1, 0.15) is 25.3 Å². The van der Waals surface area contributed by atoms with E-state index in [1.807, 2.05) is 12.1 Å². The van der Waals surface area contributed by atoms with Crippen molar-refractivity contribution in [2.24, 2.45) is 5.92 Å². The number of carbonyl (C=O) groups is 1. The van der Waals surface area contributed by atoms with E-state index in [-0.39, 0.29) is 29.2 Å². The highest BCUT2D eigenvalue weighted by molar-refractivity contribution is 5.67. The lowest BCUT2D eigenvalue weighted by Gasteiger charge is -2.26. The summed E-state index contributed by atoms with van der Waals surface area (Å²) in [6, 6.07) is 9.50. The summed E-state index contributed by atoms with van der Waals surface area (Å²) < 4.78 is 16.3. The van der Waals surface area contributed by atoms with Gasteiger partial charge in [-0.25, -0.2) is 18.9 Å². The minimum Gasteiger partial charge on any atom is -0.465 e. The lowest BCUT2D eigenvalue weighted by atomic mass is 10.0. The summed E-state index contributed by atoms with van der Waals surface area (Å²) in [4.78, 5) is 15.4. The van der Waals surface area contributed by atoms with Crippen LogP contribution in [0.3, 0.4) is 0 Å². The van der Waals surface area contributed by atoms with Gasteiger partial charge in [-0.05, 0) is 49.9 Å². The Bertz CT molecular complexity index is 1160. The summed E-state index contributed by atoms with van der Waals surface area (Å²) in [6.07, 6.45) is 3.95. The zero-order valence-corrected chi connectivity index (χ0v) is 17.2. The van der Waals surface area contributed by atoms with Crippen LogP contribution in [0.4, 0.5) is 26.5 Å². The molecule has 1 aliphatic rings. The Balaban J connectivity index is 1.61. The van der Waals surface area contributed by atoms with Crippen LogP contribution in [0.5, 0.6) is 0 Å². The van der Waals surface area contributed by atoms with Crippen molar-refractivity contribution >= 4 is 23.4 Å². The third-order valence-electron chi connectivity index (χ3n) is 5.22. The molecule has 1 saturated carbocycles. The molecule has 0 spiro atoms. The van der Waals surface area contributed by atoms with Gasteiger partial charge in [0.25, 0.3) is 0 Å². The Kier molecular flexibility index (Phi) is 5.85. The predicted octanol–water partition coefficient (Wildman–Crippen LogP) is 3.26. The first-order valence-corrected chi connectivity index (χ1v) is 10.0. The predicted molar refractivity (Wildman–Crippen MR) is 114 cm³/mol. The molecule has 2 aromatic heterocycles. The second-order valence-electron chi connectivity index (χ2n) is 7.60. The molecule has 1 amide bonds. The molecule has 0 unspecified atom stereocenters. The molecule has 1 aliphatic carbocycles. The first-order chi connectivity index (χ1) is 15.4. The molecule has 32 heavy (non-hydrogen) atoms. The standard InChI is InChI=1S/C21H21FN8O2/c1-12(25-21(31)32)18(13-5-6-13)27-20-17(22)9-14(11-23)19(28-20)26-15-3-2-4-16(10-15)30-8-7-24-29-30/h2-4,7-10,12-13,18,25H,5-6H2,1H3,(H,31,32)(H2,26,27,28)/t12-,18-/m0/s1. The van der Waals surface area contributed by atoms with E-state index in [0.717, 1.165) is 24.6 Å². The van der Waals surface area contributed by atoms with E-state index >= 15 is 0 Å². The number of hydrogen-bond acceptors (Lipinski definition) is 7. The summed E-state index contributed by atoms with van der Waals surface area (Å²) >= 11 is 0. The number of benzene rings is 1. The number of amides is 1. The first kappa shape index (κ1) is 21.0. The highest BCUT2D eigenvalue weighted by atomic mass is 19.1. The van der Waals surface area contributed by atoms with Crippen molar-refractivity contribution in [3.8, 4) is 11.8 Å². The molecule has 3 aromatic rings. The fourth-order valence-electron chi connectivity index (χ4n) is 3.53. The van der Waals surface area contributed by atoms with Gasteiger partial charge < -0.3 is 21.1 Å². The molecule has 1 fully saturated rings. The lowest BCUT2D eigenvalue weighted by molar-refractivity contribution is 0.188. The number of nitriles is 1. The largest absolute Gasteiger partial charge is 0.465 e. The van der Waals surface area contributed by atoms with E-state index in [4.69, 9.17) is 5.11 Å². The fourth-order valence-corrected chi connectivity index (χ4v) is 3.53. The van der Waals surface area contributed by atoms with E-state index in [9.17, 15) is 14.4 Å². The van der Waals surface area contributed by atoms with Crippen LogP contribution in [0.2, 0.25) is 0 Å². The number of halogens is 1. The summed E-state index contributed by atoms with van der Waals surface area (Å²) in [6.45, 7) is 1.72. The van der Waals surface area contributed by atoms with Gasteiger partial charge in [0, 0.05) is 11.7 Å². The van der Waals surface area contributed by atoms with Gasteiger partial charge in [0.1, 0.15) is 6.07 Å². The number of aromatic nitrogens is 4. The Morgan fingerprint density at radius 1 is 1.34 bits per heavy atom. The van der Waals surface area contributed by atoms with Crippen LogP contribution < -0.4 is 16.0 Å². The zero-order valence-electron chi connectivity index (χ0n) is 17.2. The van der Waals surface area contributed by atoms with Gasteiger partial charge in [-0.2, -0.15) is 5.26 Å². The van der Waals surface area contributed by atoms with Gasteiger partial charge in [-0.3, -0.25) is 0 Å². The van der Waals surface area contributed by atoms with Crippen LogP contribution >= 0.6 is 0 Å². The maximum atomic E-state index is 14.7. The molecular weight excluding hydrogens is 415 g/mol. The molecule has 0 radical (unpaired) electrons. The molecule has 10 nitrogen and oxygen atoms in total. The highest BCUT2D eigenvalue weighted by Gasteiger charge is 2.36. The maximum absolute atomic E-state index is 14.7. The van der Waals surface area contributed by atoms with Gasteiger partial charge in [0.2, 0.25) is 0 Å². The van der Waals surface area contributed by atoms with Crippen molar-refractivity contribution in [3.63, 3.8) is 0 Å². The fraction of sp³-hybridized carbons (Fsp3) is 0.286. The summed E-state index contributed by atoms with van der Waals surface area (Å²) in [5.74, 6) is -0.337. The first-order valence-electron chi connectivity index (χ1n) is 10.0. The monoisotopic (exact) mass is 436 g/mol. The smallest absolute Gasteiger partial charge is 0.404 e. The number of pyridine rings is 1. The second-order valence-corrected chi connectivity index (χ2v) is 7.60. The molecule has 164 valence electrons. The molecule has 0 bridgehead atoms. The molecule has 0 aliphatic heterocycles. The zero-order chi connectivity index (χ0) is 22.7. The molecular formula is C21H21FN8O2. The minimum absolute atomic E-state index is 0.0406. The molecule has 2 atom stereocenters. The number of nitrogens with one attached hydrogen (secondary N) is 3. The summed E-state index contributed by atoms with van der Waals surface area (Å²) in [7, 11) is 0. The molecule has 0 saturated heterocycles. The summed E-state index contributed by atoms with van der Waals surface area (Å²) in [5, 5.41) is 34.8. The van der Waals surface area contributed by atoms with E-state index in [1.165, 1.54) is 0 Å². The van der Waals surface area contributed by atoms with E-state index in [2.05, 4.69) is 31.2 Å². The van der Waals surface area contributed by atoms with Crippen LogP contribution in [0, 0.1) is 23.1 Å². The molecule has 4 N–H and O–H groups in total. The number of carboxylic acid groups (broad SMARTS) is 1. The Morgan fingerprint density at radius 2 is 2.16 bits per heavy atom. The van der Waals surface area contributed by atoms with Gasteiger partial charge in [0.05, 0.1) is 29.7 Å². The van der Waals surface area contributed by atoms with Gasteiger partial charge in [-0.1, -0.05) is 11.3 Å². The van der Waals surface area contributed by atoms with Crippen LogP contribution in [-0.4, -0.2) is 43.3 Å². The number of anilines is 3. The molecule has 2 heterocycles. The number of hydrogen-bond donors (Lipinski definition) is 4. The lowest BCUT2D eigenvalue weighted by Crippen LogP contribution is -2.45. The Labute approximate surface area is 183 Å². The van der Waals surface area contributed by atoms with Crippen LogP contribution in [0.15, 0.2) is 42.7 Å². The van der Waals surface area contributed by atoms with Crippen molar-refractivity contribution in [2.75, 3.05) is 10.6 Å². The maximum Gasteiger partial charge on any atom is 0.404 e. The summed E-state index contributed by atoms with van der Waals surface area (Å²) in [5.41, 5.74) is 1.41. The van der Waals surface area contributed by atoms with Crippen LogP contribution in [0.25, 0.3) is 5.69 Å². The van der Waals surface area contributed by atoms with Gasteiger partial charge in [-0.15, -0.1) is 5.10 Å². The van der Waals surface area contributed by atoms with E-state index in [0.29, 0.717) is 5.69 Å². The highest BCUT2D eigenvalue weighted by Crippen LogP contribution is 2.36. The Morgan fingerprint density at radius 3 is 2.81 bits per heavy atom. The van der Waals surface area contributed by atoms with Crippen molar-refractivity contribution < 1.29 is 14.3 Å². The average molecular weight is 436 g/mol. The molecule has 1 aromatic carbocycles. The number of nitrogens with zero attached hydrogens (tertiary/aromatic N) is 5. The third-order valence-corrected chi connectivity index (χ3v) is 5.22. The normalized spacial score (nSPS) is 14.8. The Hall–Kier alpha value is -4.20. The van der Waals surface area contributed by atoms with E-state index < -0.39 is 18.0 Å². The average Bonchev–Trinajstić information content (AvgIpc) is 3.45.